The van der Waals surface area contributed by atoms with E-state index in [1.807, 2.05) is 18.2 Å². The van der Waals surface area contributed by atoms with Crippen molar-refractivity contribution in [2.75, 3.05) is 32.5 Å². The van der Waals surface area contributed by atoms with Crippen molar-refractivity contribution in [3.63, 3.8) is 0 Å². The van der Waals surface area contributed by atoms with Crippen molar-refractivity contribution in [1.82, 2.24) is 4.90 Å². The Kier molecular flexibility index (Phi) is 5.43. The Labute approximate surface area is 105 Å². The van der Waals surface area contributed by atoms with Gasteiger partial charge in [-0.05, 0) is 61.2 Å². The Morgan fingerprint density at radius 3 is 2.73 bits per heavy atom. The van der Waals surface area contributed by atoms with Crippen LogP contribution in [0.2, 0.25) is 5.02 Å². The summed E-state index contributed by atoms with van der Waals surface area (Å²) in [5, 5.41) is 4.11. The van der Waals surface area contributed by atoms with Gasteiger partial charge in [0.05, 0.1) is 0 Å². The molecule has 1 aromatic rings. The van der Waals surface area contributed by atoms with E-state index in [1.54, 1.807) is 0 Å². The number of hydrogen-bond donors (Lipinski definition) is 1. The number of nitrogens with one attached hydrogen (secondary N) is 1. The number of hydrogen-bond acceptors (Lipinski definition) is 2. The predicted octanol–water partition coefficient (Wildman–Crippen LogP) is 3.47. The van der Waals surface area contributed by atoms with Gasteiger partial charge in [0.2, 0.25) is 0 Å². The average Bonchev–Trinajstić information content (AvgIpc) is 2.14. The fraction of sp³-hybridized carbons (Fsp3) is 0.455. The van der Waals surface area contributed by atoms with Crippen LogP contribution in [-0.2, 0) is 0 Å². The maximum atomic E-state index is 5.86. The number of halogens is 2. The van der Waals surface area contributed by atoms with Crippen molar-refractivity contribution in [2.24, 2.45) is 0 Å². The standard InChI is InChI=1S/C11H16BrClN2/c1-15(2)7-3-6-14-11-5-4-9(13)8-10(11)12/h4-5,8,14H,3,6-7H2,1-2H3. The molecule has 0 aliphatic rings. The lowest BCUT2D eigenvalue weighted by molar-refractivity contribution is 0.405. The molecule has 4 heteroatoms. The summed E-state index contributed by atoms with van der Waals surface area (Å²) in [6.07, 6.45) is 1.13. The SMILES string of the molecule is CN(C)CCCNc1ccc(Cl)cc1Br. The van der Waals surface area contributed by atoms with Crippen molar-refractivity contribution in [2.45, 2.75) is 6.42 Å². The average molecular weight is 292 g/mol. The molecule has 0 aliphatic carbocycles. The third-order valence-corrected chi connectivity index (χ3v) is 2.92. The van der Waals surface area contributed by atoms with Crippen LogP contribution in [0.3, 0.4) is 0 Å². The Morgan fingerprint density at radius 1 is 1.40 bits per heavy atom. The molecule has 0 amide bonds. The minimum absolute atomic E-state index is 0.751. The van der Waals surface area contributed by atoms with Crippen LogP contribution in [0.25, 0.3) is 0 Å². The highest BCUT2D eigenvalue weighted by atomic mass is 79.9. The second-order valence-corrected chi connectivity index (χ2v) is 5.00. The van der Waals surface area contributed by atoms with Crippen LogP contribution in [0.15, 0.2) is 22.7 Å². The molecule has 0 unspecified atom stereocenters. The van der Waals surface area contributed by atoms with Gasteiger partial charge in [-0.25, -0.2) is 0 Å². The van der Waals surface area contributed by atoms with Gasteiger partial charge in [-0.1, -0.05) is 11.6 Å². The number of nitrogens with zero attached hydrogens (tertiary/aromatic N) is 1. The zero-order valence-electron chi connectivity index (χ0n) is 9.06. The Balaban J connectivity index is 2.37. The van der Waals surface area contributed by atoms with Gasteiger partial charge in [0.15, 0.2) is 0 Å². The lowest BCUT2D eigenvalue weighted by atomic mass is 10.3. The highest BCUT2D eigenvalue weighted by Gasteiger charge is 1.99. The van der Waals surface area contributed by atoms with Gasteiger partial charge < -0.3 is 10.2 Å². The molecule has 0 saturated heterocycles. The molecule has 84 valence electrons. The second-order valence-electron chi connectivity index (χ2n) is 3.71. The molecule has 0 saturated carbocycles. The summed E-state index contributed by atoms with van der Waals surface area (Å²) in [5.41, 5.74) is 1.10. The van der Waals surface area contributed by atoms with Crippen molar-refractivity contribution >= 4 is 33.2 Å². The van der Waals surface area contributed by atoms with E-state index in [0.29, 0.717) is 0 Å². The van der Waals surface area contributed by atoms with Crippen molar-refractivity contribution in [3.8, 4) is 0 Å². The van der Waals surface area contributed by atoms with Crippen molar-refractivity contribution in [1.29, 1.82) is 0 Å². The van der Waals surface area contributed by atoms with Crippen LogP contribution < -0.4 is 5.32 Å². The molecule has 15 heavy (non-hydrogen) atoms. The summed E-state index contributed by atoms with van der Waals surface area (Å²) < 4.78 is 1.01. The molecular weight excluding hydrogens is 275 g/mol. The smallest absolute Gasteiger partial charge is 0.0485 e. The van der Waals surface area contributed by atoms with Crippen LogP contribution in [0.1, 0.15) is 6.42 Å². The molecule has 1 N–H and O–H groups in total. The minimum Gasteiger partial charge on any atom is -0.384 e. The first-order valence-electron chi connectivity index (χ1n) is 4.93. The Morgan fingerprint density at radius 2 is 2.13 bits per heavy atom. The van der Waals surface area contributed by atoms with Crippen molar-refractivity contribution < 1.29 is 0 Å². The maximum Gasteiger partial charge on any atom is 0.0485 e. The summed E-state index contributed by atoms with van der Waals surface area (Å²) in [5.74, 6) is 0. The molecule has 2 nitrogen and oxygen atoms in total. The highest BCUT2D eigenvalue weighted by Crippen LogP contribution is 2.25. The monoisotopic (exact) mass is 290 g/mol. The molecule has 0 heterocycles. The van der Waals surface area contributed by atoms with E-state index in [2.05, 4.69) is 40.2 Å². The van der Waals surface area contributed by atoms with Gasteiger partial charge in [-0.15, -0.1) is 0 Å². The van der Waals surface area contributed by atoms with Crippen LogP contribution in [0.5, 0.6) is 0 Å². The summed E-state index contributed by atoms with van der Waals surface area (Å²) in [6.45, 7) is 2.07. The third kappa shape index (κ3) is 4.87. The van der Waals surface area contributed by atoms with Crippen LogP contribution in [-0.4, -0.2) is 32.1 Å². The third-order valence-electron chi connectivity index (χ3n) is 2.03. The van der Waals surface area contributed by atoms with E-state index < -0.39 is 0 Å². The molecule has 0 radical (unpaired) electrons. The summed E-state index contributed by atoms with van der Waals surface area (Å²) in [4.78, 5) is 2.18. The van der Waals surface area contributed by atoms with Gasteiger partial charge in [-0.3, -0.25) is 0 Å². The highest BCUT2D eigenvalue weighted by molar-refractivity contribution is 9.10. The zero-order valence-corrected chi connectivity index (χ0v) is 11.4. The van der Waals surface area contributed by atoms with E-state index in [1.165, 1.54) is 0 Å². The molecule has 0 fully saturated rings. The van der Waals surface area contributed by atoms with E-state index in [9.17, 15) is 0 Å². The number of benzene rings is 1. The van der Waals surface area contributed by atoms with Crippen molar-refractivity contribution in [3.05, 3.63) is 27.7 Å². The lowest BCUT2D eigenvalue weighted by Crippen LogP contribution is -2.16. The number of anilines is 1. The fourth-order valence-electron chi connectivity index (χ4n) is 1.25. The fourth-order valence-corrected chi connectivity index (χ4v) is 2.07. The molecule has 0 spiro atoms. The largest absolute Gasteiger partial charge is 0.384 e. The van der Waals surface area contributed by atoms with E-state index in [4.69, 9.17) is 11.6 Å². The van der Waals surface area contributed by atoms with Crippen LogP contribution in [0, 0.1) is 0 Å². The van der Waals surface area contributed by atoms with E-state index >= 15 is 0 Å². The second kappa shape index (κ2) is 6.36. The molecule has 0 aromatic heterocycles. The maximum absolute atomic E-state index is 5.86. The van der Waals surface area contributed by atoms with Gasteiger partial charge in [0, 0.05) is 21.7 Å². The van der Waals surface area contributed by atoms with E-state index in [0.717, 1.165) is 34.7 Å². The van der Waals surface area contributed by atoms with Gasteiger partial charge in [-0.2, -0.15) is 0 Å². The molecule has 0 aliphatic heterocycles. The first-order chi connectivity index (χ1) is 7.09. The summed E-state index contributed by atoms with van der Waals surface area (Å²) in [6, 6.07) is 5.78. The quantitative estimate of drug-likeness (QED) is 0.836. The number of rotatable bonds is 5. The topological polar surface area (TPSA) is 15.3 Å². The Hall–Kier alpha value is -0.250. The Bertz CT molecular complexity index is 315. The molecule has 0 bridgehead atoms. The summed E-state index contributed by atoms with van der Waals surface area (Å²) in [7, 11) is 4.16. The first kappa shape index (κ1) is 12.8. The molecular formula is C11H16BrClN2. The molecule has 0 atom stereocenters. The molecule has 1 aromatic carbocycles. The predicted molar refractivity (Wildman–Crippen MR) is 70.8 cm³/mol. The minimum atomic E-state index is 0.751. The zero-order chi connectivity index (χ0) is 11.3. The molecule has 1 rings (SSSR count). The lowest BCUT2D eigenvalue weighted by Gasteiger charge is -2.11. The first-order valence-corrected chi connectivity index (χ1v) is 6.10. The van der Waals surface area contributed by atoms with Gasteiger partial charge in [0.25, 0.3) is 0 Å². The van der Waals surface area contributed by atoms with Crippen LogP contribution >= 0.6 is 27.5 Å². The van der Waals surface area contributed by atoms with Crippen LogP contribution in [0.4, 0.5) is 5.69 Å². The normalized spacial score (nSPS) is 10.7. The van der Waals surface area contributed by atoms with E-state index in [-0.39, 0.29) is 0 Å². The van der Waals surface area contributed by atoms with Gasteiger partial charge >= 0.3 is 0 Å². The van der Waals surface area contributed by atoms with Gasteiger partial charge in [0.1, 0.15) is 0 Å². The summed E-state index contributed by atoms with van der Waals surface area (Å²) >= 11 is 9.33.